The van der Waals surface area contributed by atoms with Gasteiger partial charge < -0.3 is 18.4 Å². The second kappa shape index (κ2) is 16.0. The normalized spacial score (nSPS) is 10.7. The Hall–Kier alpha value is -0.0131. The highest BCUT2D eigenvalue weighted by atomic mass is 32.1. The van der Waals surface area contributed by atoms with Crippen molar-refractivity contribution < 1.29 is 18.4 Å². The molecule has 116 valence electrons. The lowest BCUT2D eigenvalue weighted by Gasteiger charge is -2.28. The van der Waals surface area contributed by atoms with Gasteiger partial charge in [-0.25, -0.2) is 0 Å². The maximum Gasteiger partial charge on any atom is 0.500 e. The van der Waals surface area contributed by atoms with Crippen LogP contribution in [0, 0.1) is 0 Å². The van der Waals surface area contributed by atoms with Crippen LogP contribution in [-0.2, 0) is 13.3 Å². The molecule has 0 spiro atoms. The Bertz CT molecular complexity index is 176. The predicted molar refractivity (Wildman–Crippen MR) is 85.9 cm³/mol. The van der Waals surface area contributed by atoms with Gasteiger partial charge in [-0.3, -0.25) is 0 Å². The van der Waals surface area contributed by atoms with E-state index in [-0.39, 0.29) is 0 Å². The summed E-state index contributed by atoms with van der Waals surface area (Å²) in [5.41, 5.74) is 0.583. The first kappa shape index (κ1) is 21.3. The molecule has 19 heavy (non-hydrogen) atoms. The third-order valence-electron chi connectivity index (χ3n) is 2.43. The molecule has 0 heterocycles. The molecule has 0 aliphatic rings. The topological polar surface area (TPSA) is 47.9 Å². The van der Waals surface area contributed by atoms with Crippen LogP contribution < -0.4 is 0 Å². The van der Waals surface area contributed by atoms with Gasteiger partial charge in [0, 0.05) is 25.9 Å². The van der Waals surface area contributed by atoms with E-state index in [1.54, 1.807) is 0 Å². The lowest BCUT2D eigenvalue weighted by molar-refractivity contribution is 0.0706. The molecule has 0 aromatic carbocycles. The quantitative estimate of drug-likeness (QED) is 0.353. The van der Waals surface area contributed by atoms with Crippen LogP contribution in [0.15, 0.2) is 0 Å². The summed E-state index contributed by atoms with van der Waals surface area (Å²) in [7, 11) is -2.35. The fraction of sp³-hybridized carbons (Fsp3) is 0.923. The van der Waals surface area contributed by atoms with Crippen molar-refractivity contribution in [1.82, 2.24) is 0 Å². The van der Waals surface area contributed by atoms with Gasteiger partial charge in [0.1, 0.15) is 5.55 Å². The highest BCUT2D eigenvalue weighted by molar-refractivity contribution is 7.78. The van der Waals surface area contributed by atoms with Crippen LogP contribution in [0.25, 0.3) is 0 Å². The molecule has 0 aliphatic carbocycles. The highest BCUT2D eigenvalue weighted by Gasteiger charge is 2.39. The van der Waals surface area contributed by atoms with Gasteiger partial charge in [0.2, 0.25) is 0 Å². The lowest BCUT2D eigenvalue weighted by Crippen LogP contribution is -2.45. The summed E-state index contributed by atoms with van der Waals surface area (Å²) in [6, 6.07) is 0.961. The molecule has 1 N–H and O–H groups in total. The number of hydrogen-bond donors (Lipinski definition) is 1. The SMILES string of the molecule is CCCCCC[Si](OCC)(OCC)OCC.OC=S. The zero-order chi connectivity index (χ0) is 15.0. The van der Waals surface area contributed by atoms with Crippen molar-refractivity contribution in [2.45, 2.75) is 59.4 Å². The molecule has 0 aromatic heterocycles. The van der Waals surface area contributed by atoms with Gasteiger partial charge in [0.25, 0.3) is 0 Å². The van der Waals surface area contributed by atoms with Crippen LogP contribution in [0.1, 0.15) is 53.4 Å². The summed E-state index contributed by atoms with van der Waals surface area (Å²) >= 11 is 3.82. The van der Waals surface area contributed by atoms with E-state index in [9.17, 15) is 0 Å². The van der Waals surface area contributed by atoms with Crippen LogP contribution in [-0.4, -0.2) is 39.3 Å². The standard InChI is InChI=1S/C12H28O3Si.CH2OS/c1-5-9-10-11-12-16(13-6-2,14-7-3)15-8-4;2-1-3/h5-12H2,1-4H3;1H,(H,2,3). The predicted octanol–water partition coefficient (Wildman–Crippen LogP) is 4.12. The lowest BCUT2D eigenvalue weighted by atomic mass is 10.2. The minimum absolute atomic E-state index is 0.583. The van der Waals surface area contributed by atoms with Crippen LogP contribution in [0.4, 0.5) is 0 Å². The van der Waals surface area contributed by atoms with Crippen molar-refractivity contribution in [2.75, 3.05) is 19.8 Å². The number of unbranched alkanes of at least 4 members (excludes halogenated alkanes) is 3. The number of thiocarbonyl (C=S) groups is 1. The number of aliphatic hydroxyl groups excluding tert-OH is 1. The van der Waals surface area contributed by atoms with Crippen molar-refractivity contribution in [3.05, 3.63) is 0 Å². The molecule has 0 aliphatic heterocycles. The largest absolute Gasteiger partial charge is 0.504 e. The molecule has 0 amide bonds. The molecule has 0 rings (SSSR count). The number of aliphatic hydroxyl groups is 1. The van der Waals surface area contributed by atoms with Crippen LogP contribution in [0.2, 0.25) is 6.04 Å². The molecule has 0 saturated heterocycles. The molecule has 0 fully saturated rings. The molecule has 6 heteroatoms. The number of hydrogen-bond acceptors (Lipinski definition) is 4. The fourth-order valence-corrected chi connectivity index (χ4v) is 4.46. The Morgan fingerprint density at radius 1 is 0.895 bits per heavy atom. The first-order valence-electron chi connectivity index (χ1n) is 7.15. The zero-order valence-corrected chi connectivity index (χ0v) is 14.6. The Kier molecular flexibility index (Phi) is 18.0. The molecule has 0 bridgehead atoms. The molecule has 0 atom stereocenters. The van der Waals surface area contributed by atoms with Gasteiger partial charge in [-0.2, -0.15) is 0 Å². The highest BCUT2D eigenvalue weighted by Crippen LogP contribution is 2.20. The van der Waals surface area contributed by atoms with Crippen molar-refractivity contribution in [3.63, 3.8) is 0 Å². The van der Waals surface area contributed by atoms with E-state index < -0.39 is 8.80 Å². The van der Waals surface area contributed by atoms with E-state index >= 15 is 0 Å². The fourth-order valence-electron chi connectivity index (χ4n) is 1.77. The van der Waals surface area contributed by atoms with Crippen molar-refractivity contribution >= 4 is 26.6 Å². The second-order valence-electron chi connectivity index (χ2n) is 3.90. The van der Waals surface area contributed by atoms with Crippen molar-refractivity contribution in [1.29, 1.82) is 0 Å². The number of rotatable bonds is 11. The molecular formula is C13H30O4SSi. The monoisotopic (exact) mass is 310 g/mol. The zero-order valence-electron chi connectivity index (χ0n) is 12.8. The van der Waals surface area contributed by atoms with Gasteiger partial charge in [-0.15, -0.1) is 0 Å². The molecule has 4 nitrogen and oxygen atoms in total. The Balaban J connectivity index is 0. The van der Waals surface area contributed by atoms with E-state index in [4.69, 9.17) is 18.4 Å². The van der Waals surface area contributed by atoms with Gasteiger partial charge >= 0.3 is 8.80 Å². The molecule has 0 unspecified atom stereocenters. The smallest absolute Gasteiger partial charge is 0.500 e. The first-order valence-corrected chi connectivity index (χ1v) is 9.56. The molecular weight excluding hydrogens is 280 g/mol. The average molecular weight is 311 g/mol. The Morgan fingerprint density at radius 2 is 1.32 bits per heavy atom. The Labute approximate surface area is 124 Å². The van der Waals surface area contributed by atoms with Crippen LogP contribution in [0.5, 0.6) is 0 Å². The average Bonchev–Trinajstić information content (AvgIpc) is 2.37. The van der Waals surface area contributed by atoms with Gasteiger partial charge in [-0.1, -0.05) is 26.2 Å². The van der Waals surface area contributed by atoms with Gasteiger partial charge in [0.15, 0.2) is 0 Å². The summed E-state index contributed by atoms with van der Waals surface area (Å²) in [4.78, 5) is 0. The van der Waals surface area contributed by atoms with Crippen molar-refractivity contribution in [2.24, 2.45) is 0 Å². The third kappa shape index (κ3) is 12.8. The van der Waals surface area contributed by atoms with E-state index in [1.807, 2.05) is 20.8 Å². The summed E-state index contributed by atoms with van der Waals surface area (Å²) in [5, 5.41) is 7.26. The summed E-state index contributed by atoms with van der Waals surface area (Å²) in [6.07, 6.45) is 4.94. The van der Waals surface area contributed by atoms with Crippen LogP contribution >= 0.6 is 12.2 Å². The van der Waals surface area contributed by atoms with E-state index in [2.05, 4.69) is 19.1 Å². The molecule has 0 saturated carbocycles. The summed E-state index contributed by atoms with van der Waals surface area (Å²) in [5.74, 6) is 0. The second-order valence-corrected chi connectivity index (χ2v) is 6.84. The minimum atomic E-state index is -2.35. The van der Waals surface area contributed by atoms with Crippen molar-refractivity contribution in [3.8, 4) is 0 Å². The van der Waals surface area contributed by atoms with Crippen LogP contribution in [0.3, 0.4) is 0 Å². The molecule has 0 radical (unpaired) electrons. The maximum atomic E-state index is 7.26. The van der Waals surface area contributed by atoms with Gasteiger partial charge in [-0.05, 0) is 39.4 Å². The summed E-state index contributed by atoms with van der Waals surface area (Å²) in [6.45, 7) is 10.3. The molecule has 0 aromatic rings. The first-order chi connectivity index (χ1) is 9.16. The van der Waals surface area contributed by atoms with E-state index in [1.165, 1.54) is 19.3 Å². The minimum Gasteiger partial charge on any atom is -0.504 e. The van der Waals surface area contributed by atoms with E-state index in [0.29, 0.717) is 25.4 Å². The third-order valence-corrected chi connectivity index (χ3v) is 5.58. The summed E-state index contributed by atoms with van der Waals surface area (Å²) < 4.78 is 17.4. The van der Waals surface area contributed by atoms with E-state index in [0.717, 1.165) is 12.5 Å². The Morgan fingerprint density at radius 3 is 1.63 bits per heavy atom. The maximum absolute atomic E-state index is 7.26. The van der Waals surface area contributed by atoms with Gasteiger partial charge in [0.05, 0.1) is 0 Å².